The number of aliphatic imine (C=N–C) groups is 1. The average Bonchev–Trinajstić information content (AvgIpc) is 3.07. The number of nitrogens with one attached hydrogen (secondary N) is 2. The molecule has 0 spiro atoms. The summed E-state index contributed by atoms with van der Waals surface area (Å²) in [5.74, 6) is 3.47. The molecule has 2 aromatic rings. The normalized spacial score (nSPS) is 21.1. The number of para-hydroxylation sites is 1. The first-order valence-electron chi connectivity index (χ1n) is 10.4. The second kappa shape index (κ2) is 10.3. The Morgan fingerprint density at radius 3 is 2.77 bits per heavy atom. The van der Waals surface area contributed by atoms with Crippen molar-refractivity contribution in [2.24, 2.45) is 12.0 Å². The molecule has 2 unspecified atom stereocenters. The molecule has 1 amide bonds. The Morgan fingerprint density at radius 2 is 2.03 bits per heavy atom. The number of fused-ring (bicyclic) bond motifs is 1. The quantitative estimate of drug-likeness (QED) is 0.350. The minimum atomic E-state index is 0. The number of hydrogen-bond donors (Lipinski definition) is 2. The number of rotatable bonds is 4. The van der Waals surface area contributed by atoms with E-state index in [0.29, 0.717) is 32.1 Å². The number of aryl methyl sites for hydroxylation is 1. The van der Waals surface area contributed by atoms with Crippen molar-refractivity contribution in [2.45, 2.75) is 44.8 Å². The van der Waals surface area contributed by atoms with Gasteiger partial charge >= 0.3 is 0 Å². The molecule has 0 saturated carbocycles. The molecule has 168 valence electrons. The van der Waals surface area contributed by atoms with E-state index < -0.39 is 0 Å². The molecule has 1 aromatic heterocycles. The number of carbonyl (C=O) groups is 1. The third kappa shape index (κ3) is 5.46. The summed E-state index contributed by atoms with van der Waals surface area (Å²) >= 11 is 0. The number of piperidine rings is 1. The van der Waals surface area contributed by atoms with Crippen LogP contribution in [-0.4, -0.2) is 57.8 Å². The molecule has 2 aliphatic heterocycles. The summed E-state index contributed by atoms with van der Waals surface area (Å²) in [4.78, 5) is 18.4. The standard InChI is InChI=1S/C21H29N7O2.HI/c1-14-25-26-19(28(14)3)12-22-21(23-15-8-9-20(29)27(2)13-15)24-17-10-11-30-18-7-5-4-6-16(17)18;/h4-7,15,17H,8-13H2,1-3H3,(H2,22,23,24);1H. The van der Waals surface area contributed by atoms with Crippen LogP contribution >= 0.6 is 24.0 Å². The molecule has 2 N–H and O–H groups in total. The van der Waals surface area contributed by atoms with Gasteiger partial charge in [0.15, 0.2) is 11.8 Å². The van der Waals surface area contributed by atoms with Gasteiger partial charge in [-0.05, 0) is 19.4 Å². The van der Waals surface area contributed by atoms with Crippen LogP contribution in [-0.2, 0) is 18.4 Å². The summed E-state index contributed by atoms with van der Waals surface area (Å²) in [6.45, 7) is 3.66. The van der Waals surface area contributed by atoms with Crippen LogP contribution in [0.15, 0.2) is 29.3 Å². The van der Waals surface area contributed by atoms with Gasteiger partial charge < -0.3 is 24.8 Å². The van der Waals surface area contributed by atoms with Crippen molar-refractivity contribution in [1.29, 1.82) is 0 Å². The molecule has 0 bridgehead atoms. The number of nitrogens with zero attached hydrogens (tertiary/aromatic N) is 5. The van der Waals surface area contributed by atoms with E-state index in [9.17, 15) is 4.79 Å². The van der Waals surface area contributed by atoms with E-state index in [2.05, 4.69) is 26.9 Å². The number of carbonyl (C=O) groups excluding carboxylic acids is 1. The number of guanidine groups is 1. The van der Waals surface area contributed by atoms with Gasteiger partial charge in [0.05, 0.1) is 12.6 Å². The minimum Gasteiger partial charge on any atom is -0.493 e. The van der Waals surface area contributed by atoms with Crippen molar-refractivity contribution in [2.75, 3.05) is 20.2 Å². The van der Waals surface area contributed by atoms with Crippen LogP contribution in [0.4, 0.5) is 0 Å². The zero-order valence-electron chi connectivity index (χ0n) is 18.2. The first kappa shape index (κ1) is 23.3. The van der Waals surface area contributed by atoms with Crippen LogP contribution in [0.3, 0.4) is 0 Å². The van der Waals surface area contributed by atoms with Crippen LogP contribution in [0.5, 0.6) is 5.75 Å². The Hall–Kier alpha value is -2.37. The zero-order valence-corrected chi connectivity index (χ0v) is 20.5. The molecule has 9 nitrogen and oxygen atoms in total. The Labute approximate surface area is 199 Å². The van der Waals surface area contributed by atoms with Crippen molar-refractivity contribution >= 4 is 35.8 Å². The van der Waals surface area contributed by atoms with E-state index >= 15 is 0 Å². The van der Waals surface area contributed by atoms with Crippen LogP contribution in [0.1, 0.15) is 42.5 Å². The van der Waals surface area contributed by atoms with Gasteiger partial charge in [-0.3, -0.25) is 4.79 Å². The lowest BCUT2D eigenvalue weighted by Crippen LogP contribution is -2.52. The zero-order chi connectivity index (χ0) is 21.1. The van der Waals surface area contributed by atoms with Crippen molar-refractivity contribution in [1.82, 2.24) is 30.3 Å². The number of amides is 1. The summed E-state index contributed by atoms with van der Waals surface area (Å²) in [6.07, 6.45) is 2.19. The number of likely N-dealkylation sites (tertiary alicyclic amines) is 1. The summed E-state index contributed by atoms with van der Waals surface area (Å²) < 4.78 is 7.74. The number of likely N-dealkylation sites (N-methyl/N-ethyl adjacent to an activating group) is 1. The lowest BCUT2D eigenvalue weighted by atomic mass is 10.0. The maximum absolute atomic E-state index is 11.9. The van der Waals surface area contributed by atoms with Gasteiger partial charge in [-0.2, -0.15) is 0 Å². The van der Waals surface area contributed by atoms with Crippen molar-refractivity contribution < 1.29 is 9.53 Å². The van der Waals surface area contributed by atoms with E-state index in [-0.39, 0.29) is 42.0 Å². The fraction of sp³-hybridized carbons (Fsp3) is 0.524. The molecule has 1 aromatic carbocycles. The van der Waals surface area contributed by atoms with Gasteiger partial charge in [-0.15, -0.1) is 34.2 Å². The first-order chi connectivity index (χ1) is 14.5. The predicted octanol–water partition coefficient (Wildman–Crippen LogP) is 1.92. The average molecular weight is 539 g/mol. The number of hydrogen-bond acceptors (Lipinski definition) is 5. The lowest BCUT2D eigenvalue weighted by molar-refractivity contribution is -0.132. The highest BCUT2D eigenvalue weighted by atomic mass is 127. The highest BCUT2D eigenvalue weighted by molar-refractivity contribution is 14.0. The highest BCUT2D eigenvalue weighted by Gasteiger charge is 2.26. The molecule has 2 aliphatic rings. The van der Waals surface area contributed by atoms with Gasteiger partial charge in [0.25, 0.3) is 0 Å². The van der Waals surface area contributed by atoms with E-state index in [4.69, 9.17) is 9.73 Å². The molecule has 4 rings (SSSR count). The molecule has 1 fully saturated rings. The fourth-order valence-electron chi connectivity index (χ4n) is 3.85. The summed E-state index contributed by atoms with van der Waals surface area (Å²) in [7, 11) is 3.79. The van der Waals surface area contributed by atoms with E-state index in [1.165, 1.54) is 0 Å². The molecular formula is C21H30IN7O2. The van der Waals surface area contributed by atoms with Gasteiger partial charge in [0, 0.05) is 45.1 Å². The van der Waals surface area contributed by atoms with Crippen molar-refractivity contribution in [3.05, 3.63) is 41.5 Å². The highest BCUT2D eigenvalue weighted by Crippen LogP contribution is 2.31. The molecule has 2 atom stereocenters. The van der Waals surface area contributed by atoms with Gasteiger partial charge in [0.1, 0.15) is 18.1 Å². The molecule has 0 aliphatic carbocycles. The largest absolute Gasteiger partial charge is 0.493 e. The van der Waals surface area contributed by atoms with Crippen molar-refractivity contribution in [3.63, 3.8) is 0 Å². The molecule has 1 saturated heterocycles. The minimum absolute atomic E-state index is 0. The van der Waals surface area contributed by atoms with Crippen LogP contribution < -0.4 is 15.4 Å². The van der Waals surface area contributed by atoms with Crippen LogP contribution in [0, 0.1) is 6.92 Å². The smallest absolute Gasteiger partial charge is 0.222 e. The molecule has 3 heterocycles. The SMILES string of the molecule is Cc1nnc(CN=C(NC2CCC(=O)N(C)C2)NC2CCOc3ccccc32)n1C.I. The molecular weight excluding hydrogens is 509 g/mol. The third-order valence-electron chi connectivity index (χ3n) is 5.80. The fourth-order valence-corrected chi connectivity index (χ4v) is 3.85. The predicted molar refractivity (Wildman–Crippen MR) is 129 cm³/mol. The van der Waals surface area contributed by atoms with Crippen molar-refractivity contribution in [3.8, 4) is 5.75 Å². The second-order valence-corrected chi connectivity index (χ2v) is 7.91. The summed E-state index contributed by atoms with van der Waals surface area (Å²) in [5, 5.41) is 15.4. The molecule has 10 heteroatoms. The Kier molecular flexibility index (Phi) is 7.74. The maximum Gasteiger partial charge on any atom is 0.222 e. The van der Waals surface area contributed by atoms with Crippen LogP contribution in [0.25, 0.3) is 0 Å². The number of ether oxygens (including phenoxy) is 1. The summed E-state index contributed by atoms with van der Waals surface area (Å²) in [5.41, 5.74) is 1.13. The summed E-state index contributed by atoms with van der Waals surface area (Å²) in [6, 6.07) is 8.34. The Bertz CT molecular complexity index is 946. The van der Waals surface area contributed by atoms with Gasteiger partial charge in [-0.25, -0.2) is 4.99 Å². The van der Waals surface area contributed by atoms with E-state index in [1.54, 1.807) is 4.90 Å². The van der Waals surface area contributed by atoms with Crippen LogP contribution in [0.2, 0.25) is 0 Å². The number of halogens is 1. The third-order valence-corrected chi connectivity index (χ3v) is 5.80. The Balaban J connectivity index is 0.00000272. The monoisotopic (exact) mass is 539 g/mol. The molecule has 0 radical (unpaired) electrons. The maximum atomic E-state index is 11.9. The topological polar surface area (TPSA) is 96.7 Å². The van der Waals surface area contributed by atoms with E-state index in [0.717, 1.165) is 35.8 Å². The van der Waals surface area contributed by atoms with Gasteiger partial charge in [0.2, 0.25) is 5.91 Å². The molecule has 31 heavy (non-hydrogen) atoms. The van der Waals surface area contributed by atoms with E-state index in [1.807, 2.05) is 43.8 Å². The Morgan fingerprint density at radius 1 is 1.23 bits per heavy atom. The second-order valence-electron chi connectivity index (χ2n) is 7.91. The number of aromatic nitrogens is 3. The first-order valence-corrected chi connectivity index (χ1v) is 10.4. The number of benzene rings is 1. The lowest BCUT2D eigenvalue weighted by Gasteiger charge is -2.33. The van der Waals surface area contributed by atoms with Gasteiger partial charge in [-0.1, -0.05) is 18.2 Å².